The fraction of sp³-hybridized carbons (Fsp3) is 0.200. The molecule has 3 aromatic rings. The number of hydrogen-bond acceptors (Lipinski definition) is 5. The Bertz CT molecular complexity index is 1130. The predicted molar refractivity (Wildman–Crippen MR) is 111 cm³/mol. The fourth-order valence-electron chi connectivity index (χ4n) is 2.83. The van der Waals surface area contributed by atoms with E-state index in [9.17, 15) is 13.2 Å². The summed E-state index contributed by atoms with van der Waals surface area (Å²) in [6.07, 6.45) is 0. The molecule has 0 aliphatic heterocycles. The topological polar surface area (TPSA) is 91.4 Å². The van der Waals surface area contributed by atoms with Gasteiger partial charge >= 0.3 is 0 Å². The smallest absolute Gasteiger partial charge is 0.262 e. The molecule has 0 atom stereocenters. The average molecular weight is 398 g/mol. The standard InChI is InChI=1S/C20H22N4O3S/c1-14(25)21-16-7-5-8-18(12-16)28(26,27)23-19-9-4-6-15-10-11-17(13-24(2)3)22-20(15)19/h4-12,23H,13H2,1-3H3,(H,21,25). The number of hydrogen-bond donors (Lipinski definition) is 2. The van der Waals surface area contributed by atoms with E-state index in [1.807, 2.05) is 37.2 Å². The van der Waals surface area contributed by atoms with E-state index in [-0.39, 0.29) is 10.8 Å². The molecule has 3 rings (SSSR count). The Kier molecular flexibility index (Phi) is 5.62. The highest BCUT2D eigenvalue weighted by molar-refractivity contribution is 7.92. The number of aromatic nitrogens is 1. The van der Waals surface area contributed by atoms with Crippen LogP contribution in [0.25, 0.3) is 10.9 Å². The van der Waals surface area contributed by atoms with Crippen molar-refractivity contribution < 1.29 is 13.2 Å². The third kappa shape index (κ3) is 4.65. The van der Waals surface area contributed by atoms with Crippen molar-refractivity contribution in [1.82, 2.24) is 9.88 Å². The zero-order chi connectivity index (χ0) is 20.3. The van der Waals surface area contributed by atoms with Gasteiger partial charge in [-0.15, -0.1) is 0 Å². The van der Waals surface area contributed by atoms with Crippen LogP contribution in [0.15, 0.2) is 59.5 Å². The molecule has 2 N–H and O–H groups in total. The first-order valence-corrected chi connectivity index (χ1v) is 10.2. The first kappa shape index (κ1) is 19.8. The minimum Gasteiger partial charge on any atom is -0.326 e. The summed E-state index contributed by atoms with van der Waals surface area (Å²) in [5.41, 5.74) is 2.25. The second-order valence-corrected chi connectivity index (χ2v) is 8.41. The van der Waals surface area contributed by atoms with Crippen LogP contribution < -0.4 is 10.0 Å². The van der Waals surface area contributed by atoms with E-state index in [1.54, 1.807) is 24.3 Å². The molecule has 0 radical (unpaired) electrons. The number of nitrogens with zero attached hydrogens (tertiary/aromatic N) is 2. The van der Waals surface area contributed by atoms with Gasteiger partial charge < -0.3 is 10.2 Å². The van der Waals surface area contributed by atoms with Gasteiger partial charge in [0.05, 0.1) is 21.8 Å². The molecule has 0 bridgehead atoms. The van der Waals surface area contributed by atoms with Crippen molar-refractivity contribution in [3.05, 3.63) is 60.3 Å². The Morgan fingerprint density at radius 1 is 1.07 bits per heavy atom. The maximum absolute atomic E-state index is 12.9. The van der Waals surface area contributed by atoms with Crippen molar-refractivity contribution >= 4 is 38.2 Å². The second-order valence-electron chi connectivity index (χ2n) is 6.73. The summed E-state index contributed by atoms with van der Waals surface area (Å²) in [4.78, 5) is 17.9. The van der Waals surface area contributed by atoms with Gasteiger partial charge in [0, 0.05) is 24.5 Å². The van der Waals surface area contributed by atoms with Crippen LogP contribution >= 0.6 is 0 Å². The third-order valence-corrected chi connectivity index (χ3v) is 5.33. The molecule has 7 nitrogen and oxygen atoms in total. The SMILES string of the molecule is CC(=O)Nc1cccc(S(=O)(=O)Nc2cccc3ccc(CN(C)C)nc23)c1. The number of carbonyl (C=O) groups excluding carboxylic acids is 1. The first-order chi connectivity index (χ1) is 13.2. The maximum atomic E-state index is 12.9. The molecule has 0 aliphatic carbocycles. The van der Waals surface area contributed by atoms with Gasteiger partial charge in [-0.25, -0.2) is 13.4 Å². The summed E-state index contributed by atoms with van der Waals surface area (Å²) in [5, 5.41) is 3.43. The van der Waals surface area contributed by atoms with Crippen molar-refractivity contribution in [1.29, 1.82) is 0 Å². The minimum absolute atomic E-state index is 0.0557. The number of carbonyl (C=O) groups is 1. The molecular weight excluding hydrogens is 376 g/mol. The summed E-state index contributed by atoms with van der Waals surface area (Å²) in [5.74, 6) is -0.269. The molecule has 1 amide bonds. The zero-order valence-corrected chi connectivity index (χ0v) is 16.7. The lowest BCUT2D eigenvalue weighted by atomic mass is 10.2. The van der Waals surface area contributed by atoms with Crippen molar-refractivity contribution in [2.24, 2.45) is 0 Å². The molecule has 1 heterocycles. The largest absolute Gasteiger partial charge is 0.326 e. The lowest BCUT2D eigenvalue weighted by Crippen LogP contribution is -2.15. The fourth-order valence-corrected chi connectivity index (χ4v) is 3.94. The van der Waals surface area contributed by atoms with Crippen LogP contribution in [0.3, 0.4) is 0 Å². The summed E-state index contributed by atoms with van der Waals surface area (Å²) in [6, 6.07) is 15.3. The van der Waals surface area contributed by atoms with Crippen LogP contribution in [-0.2, 0) is 21.4 Å². The van der Waals surface area contributed by atoms with Crippen molar-refractivity contribution in [3.8, 4) is 0 Å². The Hall–Kier alpha value is -2.97. The van der Waals surface area contributed by atoms with Gasteiger partial charge in [-0.2, -0.15) is 0 Å². The number of anilines is 2. The second kappa shape index (κ2) is 7.95. The Labute approximate surface area is 164 Å². The van der Waals surface area contributed by atoms with Gasteiger partial charge in [-0.05, 0) is 44.4 Å². The van der Waals surface area contributed by atoms with Crippen LogP contribution in [0.5, 0.6) is 0 Å². The van der Waals surface area contributed by atoms with Gasteiger partial charge in [0.15, 0.2) is 0 Å². The molecule has 0 saturated heterocycles. The van der Waals surface area contributed by atoms with E-state index in [2.05, 4.69) is 15.0 Å². The molecular formula is C20H22N4O3S. The molecule has 146 valence electrons. The summed E-state index contributed by atoms with van der Waals surface area (Å²) < 4.78 is 28.4. The van der Waals surface area contributed by atoms with Gasteiger partial charge in [-0.1, -0.05) is 24.3 Å². The van der Waals surface area contributed by atoms with E-state index < -0.39 is 10.0 Å². The van der Waals surface area contributed by atoms with E-state index in [4.69, 9.17) is 0 Å². The summed E-state index contributed by atoms with van der Waals surface area (Å²) in [6.45, 7) is 2.02. The summed E-state index contributed by atoms with van der Waals surface area (Å²) >= 11 is 0. The molecule has 8 heteroatoms. The first-order valence-electron chi connectivity index (χ1n) is 8.68. The molecule has 0 spiro atoms. The Morgan fingerprint density at radius 2 is 1.82 bits per heavy atom. The zero-order valence-electron chi connectivity index (χ0n) is 15.9. The molecule has 0 saturated carbocycles. The van der Waals surface area contributed by atoms with Crippen LogP contribution in [0, 0.1) is 0 Å². The highest BCUT2D eigenvalue weighted by Crippen LogP contribution is 2.25. The van der Waals surface area contributed by atoms with E-state index in [0.29, 0.717) is 23.4 Å². The highest BCUT2D eigenvalue weighted by atomic mass is 32.2. The Balaban J connectivity index is 1.98. The van der Waals surface area contributed by atoms with Crippen molar-refractivity contribution in [2.45, 2.75) is 18.4 Å². The van der Waals surface area contributed by atoms with Gasteiger partial charge in [0.1, 0.15) is 0 Å². The number of nitrogens with one attached hydrogen (secondary N) is 2. The van der Waals surface area contributed by atoms with Gasteiger partial charge in [0.25, 0.3) is 10.0 Å². The van der Waals surface area contributed by atoms with Crippen molar-refractivity contribution in [3.63, 3.8) is 0 Å². The number of pyridine rings is 1. The highest BCUT2D eigenvalue weighted by Gasteiger charge is 2.17. The van der Waals surface area contributed by atoms with E-state index in [1.165, 1.54) is 19.1 Å². The lowest BCUT2D eigenvalue weighted by molar-refractivity contribution is -0.114. The minimum atomic E-state index is -3.85. The third-order valence-electron chi connectivity index (χ3n) is 3.97. The summed E-state index contributed by atoms with van der Waals surface area (Å²) in [7, 11) is 0.0433. The molecule has 2 aromatic carbocycles. The number of sulfonamides is 1. The molecule has 0 fully saturated rings. The molecule has 0 unspecified atom stereocenters. The van der Waals surface area contributed by atoms with E-state index in [0.717, 1.165) is 11.1 Å². The van der Waals surface area contributed by atoms with Crippen LogP contribution in [0.4, 0.5) is 11.4 Å². The number of fused-ring (bicyclic) bond motifs is 1. The van der Waals surface area contributed by atoms with Crippen LogP contribution in [0.2, 0.25) is 0 Å². The Morgan fingerprint density at radius 3 is 2.54 bits per heavy atom. The normalized spacial score (nSPS) is 11.6. The van der Waals surface area contributed by atoms with Crippen LogP contribution in [-0.4, -0.2) is 38.3 Å². The van der Waals surface area contributed by atoms with Gasteiger partial charge in [-0.3, -0.25) is 9.52 Å². The number of benzene rings is 2. The number of amides is 1. The quantitative estimate of drug-likeness (QED) is 0.666. The lowest BCUT2D eigenvalue weighted by Gasteiger charge is -2.13. The number of rotatable bonds is 6. The molecule has 0 aliphatic rings. The van der Waals surface area contributed by atoms with E-state index >= 15 is 0 Å². The maximum Gasteiger partial charge on any atom is 0.262 e. The number of para-hydroxylation sites is 1. The average Bonchev–Trinajstić information content (AvgIpc) is 2.61. The predicted octanol–water partition coefficient (Wildman–Crippen LogP) is 3.06. The molecule has 28 heavy (non-hydrogen) atoms. The monoisotopic (exact) mass is 398 g/mol. The van der Waals surface area contributed by atoms with Crippen molar-refractivity contribution in [2.75, 3.05) is 24.1 Å². The molecule has 1 aromatic heterocycles. The van der Waals surface area contributed by atoms with Crippen LogP contribution in [0.1, 0.15) is 12.6 Å². The van der Waals surface area contributed by atoms with Gasteiger partial charge in [0.2, 0.25) is 5.91 Å².